The Bertz CT molecular complexity index is 627. The van der Waals surface area contributed by atoms with Gasteiger partial charge in [0.1, 0.15) is 0 Å². The van der Waals surface area contributed by atoms with Crippen molar-refractivity contribution in [3.8, 4) is 0 Å². The molecule has 0 aliphatic carbocycles. The molecule has 0 aliphatic rings. The first-order valence-electron chi connectivity index (χ1n) is 8.89. The van der Waals surface area contributed by atoms with Crippen molar-refractivity contribution in [3.63, 3.8) is 0 Å². The average Bonchev–Trinajstić information content (AvgIpc) is 3.10. The summed E-state index contributed by atoms with van der Waals surface area (Å²) < 4.78 is 5.67. The van der Waals surface area contributed by atoms with E-state index in [1.54, 1.807) is 11.3 Å². The summed E-state index contributed by atoms with van der Waals surface area (Å²) in [4.78, 5) is 10.3. The first-order valence-corrected chi connectivity index (χ1v) is 9.71. The Morgan fingerprint density at radius 2 is 2.04 bits per heavy atom. The van der Waals surface area contributed by atoms with Gasteiger partial charge < -0.3 is 15.4 Å². The fourth-order valence-electron chi connectivity index (χ4n) is 2.24. The Balaban J connectivity index is 1.66. The van der Waals surface area contributed by atoms with E-state index in [0.29, 0.717) is 19.8 Å². The van der Waals surface area contributed by atoms with E-state index in [1.807, 2.05) is 24.4 Å². The number of ether oxygens (including phenoxy) is 1. The first-order chi connectivity index (χ1) is 12.3. The molecule has 0 amide bonds. The molecular formula is C19H28N4OS. The molecule has 0 saturated carbocycles. The molecule has 2 rings (SSSR count). The smallest absolute Gasteiger partial charge is 0.191 e. The minimum atomic E-state index is 0.609. The minimum Gasteiger partial charge on any atom is -0.375 e. The lowest BCUT2D eigenvalue weighted by atomic mass is 10.2. The summed E-state index contributed by atoms with van der Waals surface area (Å²) in [6.45, 7) is 7.77. The SMILES string of the molecule is CCNC(=NCCOCc1ccccc1)NCCc1ncc(CC)s1. The van der Waals surface area contributed by atoms with Crippen molar-refractivity contribution in [1.29, 1.82) is 0 Å². The standard InChI is InChI=1S/C19H28N4OS/c1-3-17-14-23-18(25-17)10-11-21-19(20-4-2)22-12-13-24-15-16-8-6-5-7-9-16/h5-9,14H,3-4,10-13,15H2,1-2H3,(H2,20,21,22). The Hall–Kier alpha value is -1.92. The number of benzene rings is 1. The maximum absolute atomic E-state index is 5.67. The molecule has 0 unspecified atom stereocenters. The molecule has 0 spiro atoms. The summed E-state index contributed by atoms with van der Waals surface area (Å²) in [6.07, 6.45) is 3.95. The van der Waals surface area contributed by atoms with E-state index in [1.165, 1.54) is 15.4 Å². The highest BCUT2D eigenvalue weighted by molar-refractivity contribution is 7.11. The largest absolute Gasteiger partial charge is 0.375 e. The lowest BCUT2D eigenvalue weighted by Crippen LogP contribution is -2.38. The van der Waals surface area contributed by atoms with Crippen LogP contribution >= 0.6 is 11.3 Å². The quantitative estimate of drug-likeness (QED) is 0.388. The van der Waals surface area contributed by atoms with Gasteiger partial charge in [-0.1, -0.05) is 37.3 Å². The van der Waals surface area contributed by atoms with Crippen molar-refractivity contribution >= 4 is 17.3 Å². The Labute approximate surface area is 154 Å². The zero-order valence-electron chi connectivity index (χ0n) is 15.1. The third-order valence-electron chi connectivity index (χ3n) is 3.54. The second-order valence-corrected chi connectivity index (χ2v) is 6.75. The predicted molar refractivity (Wildman–Crippen MR) is 105 cm³/mol. The van der Waals surface area contributed by atoms with E-state index in [-0.39, 0.29) is 0 Å². The molecule has 0 radical (unpaired) electrons. The molecular weight excluding hydrogens is 332 g/mol. The number of hydrogen-bond acceptors (Lipinski definition) is 4. The molecule has 2 aromatic rings. The highest BCUT2D eigenvalue weighted by Crippen LogP contribution is 2.13. The zero-order valence-corrected chi connectivity index (χ0v) is 15.9. The Kier molecular flexibility index (Phi) is 9.01. The predicted octanol–water partition coefficient (Wildman–Crippen LogP) is 3.02. The normalized spacial score (nSPS) is 11.5. The monoisotopic (exact) mass is 360 g/mol. The van der Waals surface area contributed by atoms with Crippen LogP contribution in [0.25, 0.3) is 0 Å². The van der Waals surface area contributed by atoms with Gasteiger partial charge >= 0.3 is 0 Å². The van der Waals surface area contributed by atoms with Crippen molar-refractivity contribution in [3.05, 3.63) is 52.0 Å². The van der Waals surface area contributed by atoms with E-state index < -0.39 is 0 Å². The summed E-state index contributed by atoms with van der Waals surface area (Å²) in [6, 6.07) is 10.2. The number of nitrogens with one attached hydrogen (secondary N) is 2. The second kappa shape index (κ2) is 11.6. The first kappa shape index (κ1) is 19.4. The number of aliphatic imine (C=N–C) groups is 1. The molecule has 25 heavy (non-hydrogen) atoms. The molecule has 5 nitrogen and oxygen atoms in total. The number of hydrogen-bond donors (Lipinski definition) is 2. The Morgan fingerprint density at radius 3 is 2.76 bits per heavy atom. The van der Waals surface area contributed by atoms with Gasteiger partial charge in [-0.2, -0.15) is 0 Å². The zero-order chi connectivity index (χ0) is 17.7. The van der Waals surface area contributed by atoms with Crippen LogP contribution < -0.4 is 10.6 Å². The van der Waals surface area contributed by atoms with E-state index in [0.717, 1.165) is 31.9 Å². The Morgan fingerprint density at radius 1 is 1.20 bits per heavy atom. The third-order valence-corrected chi connectivity index (χ3v) is 4.74. The van der Waals surface area contributed by atoms with E-state index in [2.05, 4.69) is 46.6 Å². The molecule has 1 aromatic heterocycles. The number of rotatable bonds is 10. The molecule has 0 saturated heterocycles. The van der Waals surface area contributed by atoms with Crippen molar-refractivity contribution in [2.45, 2.75) is 33.3 Å². The van der Waals surface area contributed by atoms with Crippen molar-refractivity contribution in [2.75, 3.05) is 26.2 Å². The van der Waals surface area contributed by atoms with Crippen LogP contribution in [0.2, 0.25) is 0 Å². The van der Waals surface area contributed by atoms with Gasteiger partial charge in [-0.15, -0.1) is 11.3 Å². The summed E-state index contributed by atoms with van der Waals surface area (Å²) in [5, 5.41) is 7.79. The van der Waals surface area contributed by atoms with Gasteiger partial charge in [0.2, 0.25) is 0 Å². The van der Waals surface area contributed by atoms with Crippen LogP contribution in [0.1, 0.15) is 29.3 Å². The van der Waals surface area contributed by atoms with Crippen LogP contribution in [0.3, 0.4) is 0 Å². The van der Waals surface area contributed by atoms with Crippen LogP contribution in [0.5, 0.6) is 0 Å². The highest BCUT2D eigenvalue weighted by Gasteiger charge is 2.02. The highest BCUT2D eigenvalue weighted by atomic mass is 32.1. The van der Waals surface area contributed by atoms with Crippen LogP contribution in [-0.2, 0) is 24.2 Å². The molecule has 0 fully saturated rings. The number of thiazole rings is 1. The molecule has 0 atom stereocenters. The lowest BCUT2D eigenvalue weighted by molar-refractivity contribution is 0.128. The fourth-order valence-corrected chi connectivity index (χ4v) is 3.10. The van der Waals surface area contributed by atoms with Crippen molar-refractivity contribution in [2.24, 2.45) is 4.99 Å². The number of nitrogens with zero attached hydrogens (tertiary/aromatic N) is 2. The van der Waals surface area contributed by atoms with Crippen LogP contribution in [0, 0.1) is 0 Å². The van der Waals surface area contributed by atoms with Gasteiger partial charge in [0.25, 0.3) is 0 Å². The molecule has 1 aromatic carbocycles. The molecule has 1 heterocycles. The lowest BCUT2D eigenvalue weighted by Gasteiger charge is -2.10. The summed E-state index contributed by atoms with van der Waals surface area (Å²) in [7, 11) is 0. The fraction of sp³-hybridized carbons (Fsp3) is 0.474. The summed E-state index contributed by atoms with van der Waals surface area (Å²) in [5.41, 5.74) is 1.19. The summed E-state index contributed by atoms with van der Waals surface area (Å²) in [5.74, 6) is 0.832. The topological polar surface area (TPSA) is 58.5 Å². The van der Waals surface area contributed by atoms with Crippen LogP contribution in [0.15, 0.2) is 41.5 Å². The maximum atomic E-state index is 5.67. The van der Waals surface area contributed by atoms with Crippen LogP contribution in [0.4, 0.5) is 0 Å². The molecule has 0 bridgehead atoms. The molecule has 136 valence electrons. The number of aryl methyl sites for hydroxylation is 1. The van der Waals surface area contributed by atoms with Crippen molar-refractivity contribution in [1.82, 2.24) is 15.6 Å². The van der Waals surface area contributed by atoms with Gasteiger partial charge in [-0.05, 0) is 18.9 Å². The maximum Gasteiger partial charge on any atom is 0.191 e. The van der Waals surface area contributed by atoms with Gasteiger partial charge in [0.15, 0.2) is 5.96 Å². The molecule has 6 heteroatoms. The number of aromatic nitrogens is 1. The van der Waals surface area contributed by atoms with Crippen molar-refractivity contribution < 1.29 is 4.74 Å². The second-order valence-electron chi connectivity index (χ2n) is 5.55. The van der Waals surface area contributed by atoms with E-state index in [9.17, 15) is 0 Å². The van der Waals surface area contributed by atoms with Gasteiger partial charge in [-0.3, -0.25) is 4.99 Å². The van der Waals surface area contributed by atoms with Gasteiger partial charge in [-0.25, -0.2) is 4.98 Å². The van der Waals surface area contributed by atoms with E-state index in [4.69, 9.17) is 4.74 Å². The number of guanidine groups is 1. The molecule has 2 N–H and O–H groups in total. The minimum absolute atomic E-state index is 0.609. The van der Waals surface area contributed by atoms with Gasteiger partial charge in [0, 0.05) is 30.6 Å². The summed E-state index contributed by atoms with van der Waals surface area (Å²) >= 11 is 1.79. The van der Waals surface area contributed by atoms with Gasteiger partial charge in [0.05, 0.1) is 24.8 Å². The average molecular weight is 361 g/mol. The molecule has 0 aliphatic heterocycles. The van der Waals surface area contributed by atoms with E-state index >= 15 is 0 Å². The third kappa shape index (κ3) is 7.67. The van der Waals surface area contributed by atoms with Crippen LogP contribution in [-0.4, -0.2) is 37.2 Å².